The summed E-state index contributed by atoms with van der Waals surface area (Å²) in [6, 6.07) is 14.9. The molecular formula is C20H26N2O4S. The number of nitrogens with zero attached hydrogens (tertiary/aromatic N) is 2. The van der Waals surface area contributed by atoms with Gasteiger partial charge >= 0.3 is 0 Å². The maximum absolute atomic E-state index is 13.0. The molecular weight excluding hydrogens is 364 g/mol. The summed E-state index contributed by atoms with van der Waals surface area (Å²) in [5.74, 6) is 1.24. The van der Waals surface area contributed by atoms with Crippen LogP contribution in [-0.2, 0) is 10.0 Å². The lowest BCUT2D eigenvalue weighted by Gasteiger charge is -2.34. The molecule has 1 heterocycles. The summed E-state index contributed by atoms with van der Waals surface area (Å²) in [7, 11) is -2.07. The lowest BCUT2D eigenvalue weighted by atomic mass is 10.2. The van der Waals surface area contributed by atoms with E-state index in [9.17, 15) is 8.42 Å². The number of rotatable bonds is 7. The molecule has 146 valence electrons. The first kappa shape index (κ1) is 19.7. The molecule has 0 aliphatic carbocycles. The minimum Gasteiger partial charge on any atom is -0.495 e. The molecule has 0 saturated carbocycles. The van der Waals surface area contributed by atoms with Crippen LogP contribution in [0.4, 0.5) is 0 Å². The van der Waals surface area contributed by atoms with Crippen molar-refractivity contribution < 1.29 is 17.9 Å². The van der Waals surface area contributed by atoms with Crippen LogP contribution in [-0.4, -0.2) is 64.1 Å². The van der Waals surface area contributed by atoms with E-state index in [1.165, 1.54) is 7.11 Å². The fraction of sp³-hybridized carbons (Fsp3) is 0.400. The Kier molecular flexibility index (Phi) is 6.36. The van der Waals surface area contributed by atoms with Crippen molar-refractivity contribution in [1.82, 2.24) is 9.21 Å². The molecule has 0 N–H and O–H groups in total. The lowest BCUT2D eigenvalue weighted by molar-refractivity contribution is 0.158. The molecule has 2 aromatic rings. The van der Waals surface area contributed by atoms with Crippen molar-refractivity contribution in [2.45, 2.75) is 11.8 Å². The van der Waals surface area contributed by atoms with Crippen LogP contribution in [0.2, 0.25) is 0 Å². The van der Waals surface area contributed by atoms with Gasteiger partial charge in [0.25, 0.3) is 0 Å². The highest BCUT2D eigenvalue weighted by atomic mass is 32.2. The molecule has 2 aromatic carbocycles. The second-order valence-electron chi connectivity index (χ2n) is 6.56. The number of ether oxygens (including phenoxy) is 2. The van der Waals surface area contributed by atoms with E-state index >= 15 is 0 Å². The number of hydrogen-bond donors (Lipinski definition) is 0. The van der Waals surface area contributed by atoms with E-state index in [-0.39, 0.29) is 4.90 Å². The van der Waals surface area contributed by atoms with Gasteiger partial charge < -0.3 is 9.47 Å². The van der Waals surface area contributed by atoms with Crippen LogP contribution in [0.3, 0.4) is 0 Å². The predicted molar refractivity (Wildman–Crippen MR) is 105 cm³/mol. The first-order chi connectivity index (χ1) is 13.0. The quantitative estimate of drug-likeness (QED) is 0.727. The highest BCUT2D eigenvalue weighted by molar-refractivity contribution is 7.89. The third-order valence-electron chi connectivity index (χ3n) is 4.69. The minimum absolute atomic E-state index is 0.242. The van der Waals surface area contributed by atoms with Gasteiger partial charge in [-0.3, -0.25) is 4.90 Å². The van der Waals surface area contributed by atoms with Gasteiger partial charge in [0.15, 0.2) is 0 Å². The van der Waals surface area contributed by atoms with Gasteiger partial charge in [-0.1, -0.05) is 24.3 Å². The van der Waals surface area contributed by atoms with Crippen LogP contribution in [0.25, 0.3) is 0 Å². The SMILES string of the molecule is COc1ccc(C)cc1S(=O)(=O)N1CCN(CCOc2ccccc2)CC1. The largest absolute Gasteiger partial charge is 0.495 e. The summed E-state index contributed by atoms with van der Waals surface area (Å²) in [5, 5.41) is 0. The Bertz CT molecular complexity index is 848. The van der Waals surface area contributed by atoms with E-state index < -0.39 is 10.0 Å². The van der Waals surface area contributed by atoms with Gasteiger partial charge in [-0.05, 0) is 36.8 Å². The molecule has 0 bridgehead atoms. The van der Waals surface area contributed by atoms with E-state index in [2.05, 4.69) is 4.90 Å². The maximum atomic E-state index is 13.0. The van der Waals surface area contributed by atoms with E-state index in [1.54, 1.807) is 16.4 Å². The van der Waals surface area contributed by atoms with Crippen LogP contribution in [0, 0.1) is 6.92 Å². The zero-order valence-electron chi connectivity index (χ0n) is 15.8. The Morgan fingerprint density at radius 3 is 2.37 bits per heavy atom. The molecule has 7 heteroatoms. The van der Waals surface area contributed by atoms with E-state index in [0.29, 0.717) is 38.5 Å². The lowest BCUT2D eigenvalue weighted by Crippen LogP contribution is -2.49. The van der Waals surface area contributed by atoms with Gasteiger partial charge in [0, 0.05) is 32.7 Å². The van der Waals surface area contributed by atoms with E-state index in [4.69, 9.17) is 9.47 Å². The molecule has 1 saturated heterocycles. The van der Waals surface area contributed by atoms with Crippen molar-refractivity contribution in [3.8, 4) is 11.5 Å². The van der Waals surface area contributed by atoms with Gasteiger partial charge in [0.1, 0.15) is 23.0 Å². The summed E-state index contributed by atoms with van der Waals surface area (Å²) in [6.45, 7) is 5.54. The summed E-state index contributed by atoms with van der Waals surface area (Å²) in [6.07, 6.45) is 0. The van der Waals surface area contributed by atoms with Crippen LogP contribution >= 0.6 is 0 Å². The summed E-state index contributed by atoms with van der Waals surface area (Å²) in [5.41, 5.74) is 0.895. The van der Waals surface area contributed by atoms with Crippen molar-refractivity contribution in [1.29, 1.82) is 0 Å². The van der Waals surface area contributed by atoms with Gasteiger partial charge in [-0.25, -0.2) is 8.42 Å². The standard InChI is InChI=1S/C20H26N2O4S/c1-17-8-9-19(25-2)20(16-17)27(23,24)22-12-10-21(11-13-22)14-15-26-18-6-4-3-5-7-18/h3-9,16H,10-15H2,1-2H3. The first-order valence-corrected chi connectivity index (χ1v) is 10.5. The number of sulfonamides is 1. The van der Waals surface area contributed by atoms with Gasteiger partial charge in [-0.15, -0.1) is 0 Å². The van der Waals surface area contributed by atoms with Crippen LogP contribution in [0.15, 0.2) is 53.4 Å². The number of hydrogen-bond acceptors (Lipinski definition) is 5. The van der Waals surface area contributed by atoms with E-state index in [0.717, 1.165) is 17.9 Å². The van der Waals surface area contributed by atoms with Gasteiger partial charge in [0.05, 0.1) is 7.11 Å². The van der Waals surface area contributed by atoms with Crippen molar-refractivity contribution in [2.24, 2.45) is 0 Å². The number of benzene rings is 2. The number of aryl methyl sites for hydroxylation is 1. The molecule has 1 fully saturated rings. The Balaban J connectivity index is 1.56. The Morgan fingerprint density at radius 2 is 1.70 bits per heavy atom. The van der Waals surface area contributed by atoms with Gasteiger partial charge in [-0.2, -0.15) is 4.31 Å². The van der Waals surface area contributed by atoms with Crippen molar-refractivity contribution in [3.05, 3.63) is 54.1 Å². The van der Waals surface area contributed by atoms with Crippen LogP contribution in [0.1, 0.15) is 5.56 Å². The first-order valence-electron chi connectivity index (χ1n) is 9.06. The fourth-order valence-corrected chi connectivity index (χ4v) is 4.79. The Labute approximate surface area is 161 Å². The molecule has 27 heavy (non-hydrogen) atoms. The molecule has 0 amide bonds. The average molecular weight is 391 g/mol. The van der Waals surface area contributed by atoms with Crippen molar-refractivity contribution in [3.63, 3.8) is 0 Å². The van der Waals surface area contributed by atoms with Crippen molar-refractivity contribution in [2.75, 3.05) is 46.4 Å². The molecule has 0 spiro atoms. The summed E-state index contributed by atoms with van der Waals surface area (Å²) in [4.78, 5) is 2.47. The number of piperazine rings is 1. The second kappa shape index (κ2) is 8.73. The highest BCUT2D eigenvalue weighted by Gasteiger charge is 2.30. The number of methoxy groups -OCH3 is 1. The third-order valence-corrected chi connectivity index (χ3v) is 6.61. The molecule has 0 unspecified atom stereocenters. The van der Waals surface area contributed by atoms with Crippen molar-refractivity contribution >= 4 is 10.0 Å². The average Bonchev–Trinajstić information content (AvgIpc) is 2.69. The summed E-state index contributed by atoms with van der Waals surface area (Å²) < 4.78 is 38.6. The summed E-state index contributed by atoms with van der Waals surface area (Å²) >= 11 is 0. The Morgan fingerprint density at radius 1 is 1.00 bits per heavy atom. The molecule has 1 aliphatic heterocycles. The third kappa shape index (κ3) is 4.80. The number of para-hydroxylation sites is 1. The minimum atomic E-state index is -3.56. The molecule has 6 nitrogen and oxygen atoms in total. The molecule has 0 aromatic heterocycles. The van der Waals surface area contributed by atoms with Crippen LogP contribution in [0.5, 0.6) is 11.5 Å². The predicted octanol–water partition coefficient (Wildman–Crippen LogP) is 2.39. The zero-order chi connectivity index (χ0) is 19.3. The molecule has 1 aliphatic rings. The fourth-order valence-electron chi connectivity index (χ4n) is 3.13. The molecule has 3 rings (SSSR count). The molecule has 0 atom stereocenters. The normalized spacial score (nSPS) is 16.2. The maximum Gasteiger partial charge on any atom is 0.246 e. The Hall–Kier alpha value is -2.09. The smallest absolute Gasteiger partial charge is 0.246 e. The van der Waals surface area contributed by atoms with Crippen LogP contribution < -0.4 is 9.47 Å². The topological polar surface area (TPSA) is 59.1 Å². The second-order valence-corrected chi connectivity index (χ2v) is 8.47. The highest BCUT2D eigenvalue weighted by Crippen LogP contribution is 2.28. The zero-order valence-corrected chi connectivity index (χ0v) is 16.6. The van der Waals surface area contributed by atoms with Gasteiger partial charge in [0.2, 0.25) is 10.0 Å². The van der Waals surface area contributed by atoms with E-state index in [1.807, 2.05) is 43.3 Å². The molecule has 0 radical (unpaired) electrons. The monoisotopic (exact) mass is 390 g/mol.